The molecule has 14 heavy (non-hydrogen) atoms. The van der Waals surface area contributed by atoms with E-state index in [-0.39, 0.29) is 4.90 Å². The third-order valence-electron chi connectivity index (χ3n) is 2.19. The van der Waals surface area contributed by atoms with Crippen molar-refractivity contribution < 1.29 is 17.7 Å². The second-order valence-electron chi connectivity index (χ2n) is 2.99. The highest BCUT2D eigenvalue weighted by Crippen LogP contribution is 2.26. The van der Waals surface area contributed by atoms with Crippen LogP contribution in [-0.2, 0) is 10.1 Å². The molecule has 0 aliphatic carbocycles. The maximum absolute atomic E-state index is 10.9. The largest absolute Gasteiger partial charge is 0.496 e. The molecule has 5 heteroatoms. The van der Waals surface area contributed by atoms with Crippen LogP contribution in [0.5, 0.6) is 5.75 Å². The van der Waals surface area contributed by atoms with Crippen LogP contribution in [0.1, 0.15) is 11.1 Å². The molecule has 0 aliphatic rings. The first-order chi connectivity index (χ1) is 6.38. The van der Waals surface area contributed by atoms with Crippen molar-refractivity contribution >= 4 is 10.1 Å². The standard InChI is InChI=1S/C9H12O4S/c1-6-7(2)9(14(10,11)12)5-4-8(6)13-3/h4-5H,1-3H3,(H,10,11,12). The summed E-state index contributed by atoms with van der Waals surface area (Å²) in [5.74, 6) is 0.606. The normalized spacial score (nSPS) is 11.4. The molecule has 0 saturated carbocycles. The van der Waals surface area contributed by atoms with E-state index in [0.717, 1.165) is 0 Å². The van der Waals surface area contributed by atoms with Crippen LogP contribution < -0.4 is 4.74 Å². The van der Waals surface area contributed by atoms with Gasteiger partial charge in [0.25, 0.3) is 10.1 Å². The maximum atomic E-state index is 10.9. The Kier molecular flexibility index (Phi) is 2.82. The molecule has 1 N–H and O–H groups in total. The van der Waals surface area contributed by atoms with Crippen LogP contribution in [0.25, 0.3) is 0 Å². The molecule has 0 aliphatic heterocycles. The molecule has 0 saturated heterocycles. The van der Waals surface area contributed by atoms with E-state index in [1.807, 2.05) is 0 Å². The Morgan fingerprint density at radius 2 is 1.79 bits per heavy atom. The molecule has 0 atom stereocenters. The van der Waals surface area contributed by atoms with E-state index < -0.39 is 10.1 Å². The molecule has 0 bridgehead atoms. The topological polar surface area (TPSA) is 63.6 Å². The van der Waals surface area contributed by atoms with Gasteiger partial charge in [-0.3, -0.25) is 4.55 Å². The van der Waals surface area contributed by atoms with Gasteiger partial charge in [0, 0.05) is 0 Å². The van der Waals surface area contributed by atoms with Crippen LogP contribution in [0.3, 0.4) is 0 Å². The Hall–Kier alpha value is -1.07. The van der Waals surface area contributed by atoms with E-state index in [1.54, 1.807) is 13.8 Å². The zero-order valence-corrected chi connectivity index (χ0v) is 9.05. The van der Waals surface area contributed by atoms with E-state index in [1.165, 1.54) is 19.2 Å². The number of rotatable bonds is 2. The van der Waals surface area contributed by atoms with Crippen molar-refractivity contribution in [1.82, 2.24) is 0 Å². The summed E-state index contributed by atoms with van der Waals surface area (Å²) in [6.45, 7) is 3.36. The Bertz CT molecular complexity index is 448. The average molecular weight is 216 g/mol. The molecule has 0 amide bonds. The monoisotopic (exact) mass is 216 g/mol. The van der Waals surface area contributed by atoms with E-state index >= 15 is 0 Å². The van der Waals surface area contributed by atoms with Crippen LogP contribution in [0.4, 0.5) is 0 Å². The Balaban J connectivity index is 3.47. The molecular weight excluding hydrogens is 204 g/mol. The Labute approximate surface area is 83.3 Å². The zero-order valence-electron chi connectivity index (χ0n) is 8.23. The fraction of sp³-hybridized carbons (Fsp3) is 0.333. The highest BCUT2D eigenvalue weighted by Gasteiger charge is 2.16. The summed E-state index contributed by atoms with van der Waals surface area (Å²) in [6.07, 6.45) is 0. The molecule has 4 nitrogen and oxygen atoms in total. The molecule has 0 spiro atoms. The number of benzene rings is 1. The van der Waals surface area contributed by atoms with Crippen molar-refractivity contribution in [2.75, 3.05) is 7.11 Å². The molecule has 0 aromatic heterocycles. The first kappa shape index (κ1) is 11.0. The van der Waals surface area contributed by atoms with Gasteiger partial charge in [0.2, 0.25) is 0 Å². The summed E-state index contributed by atoms with van der Waals surface area (Å²) < 4.78 is 35.7. The van der Waals surface area contributed by atoms with Gasteiger partial charge in [-0.1, -0.05) is 0 Å². The first-order valence-electron chi connectivity index (χ1n) is 3.99. The van der Waals surface area contributed by atoms with Crippen molar-refractivity contribution in [2.45, 2.75) is 18.7 Å². The highest BCUT2D eigenvalue weighted by atomic mass is 32.2. The maximum Gasteiger partial charge on any atom is 0.294 e. The predicted octanol–water partition coefficient (Wildman–Crippen LogP) is 1.56. The molecule has 0 radical (unpaired) electrons. The summed E-state index contributed by atoms with van der Waals surface area (Å²) in [4.78, 5) is -0.0733. The quantitative estimate of drug-likeness (QED) is 0.762. The van der Waals surface area contributed by atoms with Gasteiger partial charge < -0.3 is 4.74 Å². The Morgan fingerprint density at radius 3 is 2.21 bits per heavy atom. The minimum Gasteiger partial charge on any atom is -0.496 e. The second kappa shape index (κ2) is 3.59. The molecule has 1 rings (SSSR count). The van der Waals surface area contributed by atoms with E-state index in [4.69, 9.17) is 9.29 Å². The van der Waals surface area contributed by atoms with E-state index in [9.17, 15) is 8.42 Å². The van der Waals surface area contributed by atoms with Gasteiger partial charge in [-0.15, -0.1) is 0 Å². The fourth-order valence-electron chi connectivity index (χ4n) is 1.27. The van der Waals surface area contributed by atoms with E-state index in [2.05, 4.69) is 0 Å². The first-order valence-corrected chi connectivity index (χ1v) is 5.43. The molecule has 0 heterocycles. The minimum absolute atomic E-state index is 0.0733. The van der Waals surface area contributed by atoms with Gasteiger partial charge in [0.1, 0.15) is 5.75 Å². The van der Waals surface area contributed by atoms with Crippen molar-refractivity contribution in [3.63, 3.8) is 0 Å². The molecule has 1 aromatic rings. The van der Waals surface area contributed by atoms with Gasteiger partial charge in [-0.2, -0.15) is 8.42 Å². The lowest BCUT2D eigenvalue weighted by molar-refractivity contribution is 0.410. The summed E-state index contributed by atoms with van der Waals surface area (Å²) in [5.41, 5.74) is 1.22. The van der Waals surface area contributed by atoms with Crippen molar-refractivity contribution in [2.24, 2.45) is 0 Å². The third-order valence-corrected chi connectivity index (χ3v) is 3.18. The van der Waals surface area contributed by atoms with Crippen LogP contribution in [-0.4, -0.2) is 20.1 Å². The molecular formula is C9H12O4S. The number of hydrogen-bond donors (Lipinski definition) is 1. The minimum atomic E-state index is -4.14. The van der Waals surface area contributed by atoms with Crippen LogP contribution in [0.2, 0.25) is 0 Å². The summed E-state index contributed by atoms with van der Waals surface area (Å²) >= 11 is 0. The fourth-order valence-corrected chi connectivity index (χ4v) is 2.05. The van der Waals surface area contributed by atoms with Crippen molar-refractivity contribution in [3.8, 4) is 5.75 Å². The number of hydrogen-bond acceptors (Lipinski definition) is 3. The summed E-state index contributed by atoms with van der Waals surface area (Å²) in [6, 6.07) is 2.85. The lowest BCUT2D eigenvalue weighted by Gasteiger charge is -2.10. The van der Waals surface area contributed by atoms with Crippen LogP contribution >= 0.6 is 0 Å². The lowest BCUT2D eigenvalue weighted by atomic mass is 10.1. The lowest BCUT2D eigenvalue weighted by Crippen LogP contribution is -2.03. The van der Waals surface area contributed by atoms with Gasteiger partial charge in [0.05, 0.1) is 12.0 Å². The summed E-state index contributed by atoms with van der Waals surface area (Å²) in [5, 5.41) is 0. The van der Waals surface area contributed by atoms with Crippen molar-refractivity contribution in [1.29, 1.82) is 0 Å². The predicted molar refractivity (Wildman–Crippen MR) is 52.3 cm³/mol. The molecule has 0 unspecified atom stereocenters. The van der Waals surface area contributed by atoms with Crippen molar-refractivity contribution in [3.05, 3.63) is 23.3 Å². The Morgan fingerprint density at radius 1 is 1.21 bits per heavy atom. The van der Waals surface area contributed by atoms with Gasteiger partial charge in [-0.05, 0) is 37.1 Å². The van der Waals surface area contributed by atoms with E-state index in [0.29, 0.717) is 16.9 Å². The molecule has 78 valence electrons. The zero-order chi connectivity index (χ0) is 10.9. The van der Waals surface area contributed by atoms with Crippen LogP contribution in [0.15, 0.2) is 17.0 Å². The SMILES string of the molecule is COc1ccc(S(=O)(=O)O)c(C)c1C. The van der Waals surface area contributed by atoms with Gasteiger partial charge in [0.15, 0.2) is 0 Å². The third kappa shape index (κ3) is 1.88. The average Bonchev–Trinajstić information content (AvgIpc) is 2.07. The van der Waals surface area contributed by atoms with Crippen LogP contribution in [0, 0.1) is 13.8 Å². The smallest absolute Gasteiger partial charge is 0.294 e. The summed E-state index contributed by atoms with van der Waals surface area (Å²) in [7, 11) is -2.63. The van der Waals surface area contributed by atoms with Gasteiger partial charge in [-0.25, -0.2) is 0 Å². The molecule has 1 aromatic carbocycles. The second-order valence-corrected chi connectivity index (χ2v) is 4.38. The molecule has 0 fully saturated rings. The number of methoxy groups -OCH3 is 1. The number of ether oxygens (including phenoxy) is 1. The van der Waals surface area contributed by atoms with Gasteiger partial charge >= 0.3 is 0 Å². The highest BCUT2D eigenvalue weighted by molar-refractivity contribution is 7.85.